The minimum absolute atomic E-state index is 0.912. The van der Waals surface area contributed by atoms with Crippen LogP contribution in [0.4, 0.5) is 0 Å². The molecule has 4 nitrogen and oxygen atoms in total. The monoisotopic (exact) mass is 437 g/mol. The van der Waals surface area contributed by atoms with E-state index in [0.717, 1.165) is 52.4 Å². The van der Waals surface area contributed by atoms with E-state index < -0.39 is 0 Å². The summed E-state index contributed by atoms with van der Waals surface area (Å²) in [6.07, 6.45) is 27.4. The summed E-state index contributed by atoms with van der Waals surface area (Å²) in [5, 5.41) is 0. The molecule has 1 aromatic heterocycles. The highest BCUT2D eigenvalue weighted by atomic mass is 16.5. The van der Waals surface area contributed by atoms with Crippen LogP contribution in [0.25, 0.3) is 0 Å². The van der Waals surface area contributed by atoms with Crippen LogP contribution >= 0.6 is 0 Å². The van der Waals surface area contributed by atoms with Gasteiger partial charge in [0.2, 0.25) is 6.33 Å². The van der Waals surface area contributed by atoms with Gasteiger partial charge in [-0.15, -0.1) is 0 Å². The molecule has 1 rings (SSSR count). The summed E-state index contributed by atoms with van der Waals surface area (Å²) in [6, 6.07) is 0. The highest BCUT2D eigenvalue weighted by molar-refractivity contribution is 4.66. The van der Waals surface area contributed by atoms with Gasteiger partial charge in [-0.1, -0.05) is 78.1 Å². The summed E-state index contributed by atoms with van der Waals surface area (Å²) in [4.78, 5) is 0. The van der Waals surface area contributed by atoms with Gasteiger partial charge >= 0.3 is 0 Å². The Kier molecular flexibility index (Phi) is 20.3. The molecule has 0 saturated carbocycles. The van der Waals surface area contributed by atoms with Gasteiger partial charge in [-0.3, -0.25) is 0 Å². The van der Waals surface area contributed by atoms with Crippen molar-refractivity contribution in [3.05, 3.63) is 18.7 Å². The molecule has 0 spiro atoms. The van der Waals surface area contributed by atoms with Gasteiger partial charge in [0.15, 0.2) is 0 Å². The fraction of sp³-hybridized carbons (Fsp3) is 0.889. The average molecular weight is 438 g/mol. The molecule has 0 saturated heterocycles. The maximum atomic E-state index is 5.78. The second kappa shape index (κ2) is 22.3. The molecule has 0 N–H and O–H groups in total. The van der Waals surface area contributed by atoms with Crippen LogP contribution in [0.1, 0.15) is 117 Å². The van der Waals surface area contributed by atoms with E-state index in [1.165, 1.54) is 89.9 Å². The predicted octanol–water partition coefficient (Wildman–Crippen LogP) is 7.09. The molecule has 1 heterocycles. The van der Waals surface area contributed by atoms with Crippen LogP contribution in [0.2, 0.25) is 0 Å². The number of aromatic nitrogens is 2. The van der Waals surface area contributed by atoms with E-state index in [0.29, 0.717) is 0 Å². The Morgan fingerprint density at radius 3 is 1.65 bits per heavy atom. The first-order chi connectivity index (χ1) is 15.4. The Bertz CT molecular complexity index is 435. The molecule has 0 radical (unpaired) electrons. The predicted molar refractivity (Wildman–Crippen MR) is 131 cm³/mol. The van der Waals surface area contributed by atoms with Crippen molar-refractivity contribution in [2.45, 2.75) is 130 Å². The Morgan fingerprint density at radius 2 is 1.06 bits per heavy atom. The van der Waals surface area contributed by atoms with Gasteiger partial charge < -0.3 is 9.47 Å². The number of unbranched alkanes of at least 4 members (excludes halogenated alkanes) is 12. The molecule has 182 valence electrons. The van der Waals surface area contributed by atoms with E-state index in [-0.39, 0.29) is 0 Å². The molecule has 0 unspecified atom stereocenters. The first-order valence-electron chi connectivity index (χ1n) is 13.6. The average Bonchev–Trinajstić information content (AvgIpc) is 3.23. The van der Waals surface area contributed by atoms with Crippen LogP contribution in [0.3, 0.4) is 0 Å². The Balaban J connectivity index is 1.86. The van der Waals surface area contributed by atoms with Crippen molar-refractivity contribution in [2.24, 2.45) is 0 Å². The molecule has 0 fully saturated rings. The van der Waals surface area contributed by atoms with Gasteiger partial charge in [-0.05, 0) is 38.5 Å². The maximum absolute atomic E-state index is 5.78. The number of hydrogen-bond donors (Lipinski definition) is 0. The molecule has 31 heavy (non-hydrogen) atoms. The van der Waals surface area contributed by atoms with Crippen molar-refractivity contribution >= 4 is 0 Å². The van der Waals surface area contributed by atoms with E-state index in [2.05, 4.69) is 41.7 Å². The molecule has 0 aliphatic carbocycles. The summed E-state index contributed by atoms with van der Waals surface area (Å²) >= 11 is 0. The number of imidazole rings is 1. The smallest absolute Gasteiger partial charge is 0.243 e. The molecular weight excluding hydrogens is 384 g/mol. The van der Waals surface area contributed by atoms with Crippen LogP contribution in [0, 0.1) is 0 Å². The Labute approximate surface area is 193 Å². The third-order valence-corrected chi connectivity index (χ3v) is 5.94. The van der Waals surface area contributed by atoms with Gasteiger partial charge in [-0.25, -0.2) is 9.13 Å². The van der Waals surface area contributed by atoms with Gasteiger partial charge in [0.1, 0.15) is 12.4 Å². The summed E-state index contributed by atoms with van der Waals surface area (Å²) in [7, 11) is 0. The molecule has 0 amide bonds. The zero-order valence-corrected chi connectivity index (χ0v) is 21.0. The summed E-state index contributed by atoms with van der Waals surface area (Å²) in [6.45, 7) is 10.4. The number of aryl methyl sites for hydroxylation is 2. The highest BCUT2D eigenvalue weighted by Gasteiger charge is 2.03. The second-order valence-electron chi connectivity index (χ2n) is 9.06. The topological polar surface area (TPSA) is 27.3 Å². The minimum Gasteiger partial charge on any atom is -0.381 e. The zero-order chi connectivity index (χ0) is 22.2. The fourth-order valence-electron chi connectivity index (χ4n) is 3.87. The molecule has 4 heteroatoms. The lowest BCUT2D eigenvalue weighted by molar-refractivity contribution is -0.697. The lowest BCUT2D eigenvalue weighted by atomic mass is 10.1. The first-order valence-corrected chi connectivity index (χ1v) is 13.6. The Hall–Kier alpha value is -0.870. The molecular formula is C27H53N2O2+. The third kappa shape index (κ3) is 18.4. The third-order valence-electron chi connectivity index (χ3n) is 5.94. The van der Waals surface area contributed by atoms with Crippen LogP contribution in [-0.2, 0) is 22.6 Å². The second-order valence-corrected chi connectivity index (χ2v) is 9.06. The first kappa shape index (κ1) is 28.2. The van der Waals surface area contributed by atoms with Gasteiger partial charge in [-0.2, -0.15) is 0 Å². The maximum Gasteiger partial charge on any atom is 0.243 e. The van der Waals surface area contributed by atoms with Gasteiger partial charge in [0, 0.05) is 26.4 Å². The number of hydrogen-bond acceptors (Lipinski definition) is 2. The summed E-state index contributed by atoms with van der Waals surface area (Å²) in [5.41, 5.74) is 0. The molecule has 0 aliphatic heterocycles. The normalized spacial score (nSPS) is 11.4. The fourth-order valence-corrected chi connectivity index (χ4v) is 3.87. The van der Waals surface area contributed by atoms with Crippen molar-refractivity contribution in [2.75, 3.05) is 26.4 Å². The van der Waals surface area contributed by atoms with E-state index >= 15 is 0 Å². The van der Waals surface area contributed by atoms with Crippen molar-refractivity contribution in [3.63, 3.8) is 0 Å². The van der Waals surface area contributed by atoms with Crippen molar-refractivity contribution < 1.29 is 14.0 Å². The molecule has 0 bridgehead atoms. The largest absolute Gasteiger partial charge is 0.381 e. The van der Waals surface area contributed by atoms with E-state index in [4.69, 9.17) is 9.47 Å². The Morgan fingerprint density at radius 1 is 0.581 bits per heavy atom. The summed E-state index contributed by atoms with van der Waals surface area (Å²) in [5.74, 6) is 0. The van der Waals surface area contributed by atoms with Crippen LogP contribution in [0.5, 0.6) is 0 Å². The van der Waals surface area contributed by atoms with Crippen molar-refractivity contribution in [3.8, 4) is 0 Å². The molecule has 0 aromatic carbocycles. The summed E-state index contributed by atoms with van der Waals surface area (Å²) < 4.78 is 16.2. The number of rotatable bonds is 24. The van der Waals surface area contributed by atoms with Gasteiger partial charge in [0.05, 0.1) is 13.1 Å². The van der Waals surface area contributed by atoms with E-state index in [1.54, 1.807) is 0 Å². The van der Waals surface area contributed by atoms with Crippen LogP contribution in [-0.4, -0.2) is 31.0 Å². The zero-order valence-electron chi connectivity index (χ0n) is 21.0. The van der Waals surface area contributed by atoms with E-state index in [9.17, 15) is 0 Å². The standard InChI is InChI=1S/C27H53N2O2/c1-3-5-7-9-11-15-23-30-25-17-13-19-28-21-22-29(27-28)20-14-18-26-31-24-16-12-10-8-6-4-2/h21-22,27H,3-20,23-26H2,1-2H3/q+1. The van der Waals surface area contributed by atoms with Crippen molar-refractivity contribution in [1.82, 2.24) is 4.57 Å². The number of ether oxygens (including phenoxy) is 2. The van der Waals surface area contributed by atoms with Crippen molar-refractivity contribution in [1.29, 1.82) is 0 Å². The molecule has 1 aromatic rings. The van der Waals surface area contributed by atoms with E-state index in [1.807, 2.05) is 0 Å². The van der Waals surface area contributed by atoms with Gasteiger partial charge in [0.25, 0.3) is 0 Å². The number of nitrogens with zero attached hydrogens (tertiary/aromatic N) is 2. The molecule has 0 aliphatic rings. The SMILES string of the molecule is CCCCCCCCOCCCCn1cc[n+](CCCCOCCCCCCCC)c1. The quantitative estimate of drug-likeness (QED) is 0.127. The van der Waals surface area contributed by atoms with Crippen LogP contribution < -0.4 is 4.57 Å². The van der Waals surface area contributed by atoms with Crippen LogP contribution in [0.15, 0.2) is 18.7 Å². The highest BCUT2D eigenvalue weighted by Crippen LogP contribution is 2.06. The lowest BCUT2D eigenvalue weighted by Crippen LogP contribution is -2.31. The lowest BCUT2D eigenvalue weighted by Gasteiger charge is -2.04. The minimum atomic E-state index is 0.912. The molecule has 0 atom stereocenters.